The third-order valence-corrected chi connectivity index (χ3v) is 4.58. The number of carbonyl (C=O) groups is 1. The number of carbonyl (C=O) groups excluding carboxylic acids is 1. The first-order valence-corrected chi connectivity index (χ1v) is 9.58. The zero-order valence-corrected chi connectivity index (χ0v) is 14.9. The van der Waals surface area contributed by atoms with Crippen LogP contribution in [0.15, 0.2) is 0 Å². The van der Waals surface area contributed by atoms with Crippen molar-refractivity contribution in [1.82, 2.24) is 0 Å². The molecule has 3 nitrogen and oxygen atoms in total. The van der Waals surface area contributed by atoms with Gasteiger partial charge in [-0.3, -0.25) is 4.79 Å². The molecule has 0 spiro atoms. The van der Waals surface area contributed by atoms with Crippen molar-refractivity contribution >= 4 is 16.9 Å². The quantitative estimate of drug-likeness (QED) is 0.477. The summed E-state index contributed by atoms with van der Waals surface area (Å²) >= 11 is 1.22. The summed E-state index contributed by atoms with van der Waals surface area (Å²) < 4.78 is 5.57. The van der Waals surface area contributed by atoms with Crippen LogP contribution in [0, 0.1) is 0 Å². The van der Waals surface area contributed by atoms with Crippen molar-refractivity contribution in [3.8, 4) is 0 Å². The molecule has 0 aliphatic heterocycles. The fourth-order valence-electron chi connectivity index (χ4n) is 2.01. The Morgan fingerprint density at radius 2 is 1.57 bits per heavy atom. The summed E-state index contributed by atoms with van der Waals surface area (Å²) in [5.41, 5.74) is 0. The Hall–Kier alpha value is -0.0600. The van der Waals surface area contributed by atoms with E-state index in [-0.39, 0.29) is 5.12 Å². The van der Waals surface area contributed by atoms with E-state index >= 15 is 0 Å². The number of aliphatic hydroxyl groups excluding tert-OH is 1. The van der Waals surface area contributed by atoms with E-state index in [1.54, 1.807) is 6.92 Å². The van der Waals surface area contributed by atoms with Crippen LogP contribution in [0.4, 0.5) is 0 Å². The van der Waals surface area contributed by atoms with Crippen LogP contribution in [0.3, 0.4) is 0 Å². The second-order valence-corrected chi connectivity index (χ2v) is 6.76. The zero-order valence-electron chi connectivity index (χ0n) is 14.1. The van der Waals surface area contributed by atoms with Crippen molar-refractivity contribution < 1.29 is 14.6 Å². The first-order chi connectivity index (χ1) is 10.1. The third kappa shape index (κ3) is 12.2. The Bertz CT molecular complexity index is 246. The maximum absolute atomic E-state index is 11.7. The zero-order chi connectivity index (χ0) is 15.9. The lowest BCUT2D eigenvalue weighted by molar-refractivity contribution is -0.125. The Kier molecular flexibility index (Phi) is 14.8. The Morgan fingerprint density at radius 1 is 1.00 bits per heavy atom. The maximum Gasteiger partial charge on any atom is 0.220 e. The van der Waals surface area contributed by atoms with Crippen LogP contribution in [-0.2, 0) is 9.53 Å². The third-order valence-electron chi connectivity index (χ3n) is 3.56. The van der Waals surface area contributed by atoms with Gasteiger partial charge in [0.25, 0.3) is 0 Å². The van der Waals surface area contributed by atoms with Gasteiger partial charge in [0.1, 0.15) is 6.10 Å². The largest absolute Gasteiger partial charge is 0.382 e. The molecule has 0 heterocycles. The van der Waals surface area contributed by atoms with E-state index < -0.39 is 12.2 Å². The molecule has 2 atom stereocenters. The minimum atomic E-state index is -0.989. The molecule has 0 saturated heterocycles. The molecular weight excluding hydrogens is 284 g/mol. The predicted molar refractivity (Wildman–Crippen MR) is 91.8 cm³/mol. The highest BCUT2D eigenvalue weighted by atomic mass is 32.2. The normalized spacial score (nSPS) is 14.1. The van der Waals surface area contributed by atoms with Crippen molar-refractivity contribution in [2.24, 2.45) is 0 Å². The van der Waals surface area contributed by atoms with E-state index in [0.29, 0.717) is 6.61 Å². The van der Waals surface area contributed by atoms with E-state index in [1.807, 2.05) is 0 Å². The summed E-state index contributed by atoms with van der Waals surface area (Å²) in [5, 5.41) is 9.73. The van der Waals surface area contributed by atoms with Crippen LogP contribution in [0.25, 0.3) is 0 Å². The lowest BCUT2D eigenvalue weighted by Gasteiger charge is -2.18. The highest BCUT2D eigenvalue weighted by Crippen LogP contribution is 2.13. The number of thioether (sulfide) groups is 1. The van der Waals surface area contributed by atoms with Gasteiger partial charge in [-0.05, 0) is 19.8 Å². The second kappa shape index (κ2) is 14.9. The fraction of sp³-hybridized carbons (Fsp3) is 0.941. The van der Waals surface area contributed by atoms with Gasteiger partial charge in [-0.15, -0.1) is 0 Å². The lowest BCUT2D eigenvalue weighted by atomic mass is 10.1. The molecule has 0 radical (unpaired) electrons. The minimum Gasteiger partial charge on any atom is -0.382 e. The summed E-state index contributed by atoms with van der Waals surface area (Å²) in [5.74, 6) is 0.789. The van der Waals surface area contributed by atoms with E-state index in [0.717, 1.165) is 25.0 Å². The van der Waals surface area contributed by atoms with Crippen molar-refractivity contribution in [3.63, 3.8) is 0 Å². The molecule has 0 aromatic rings. The van der Waals surface area contributed by atoms with Gasteiger partial charge in [0.2, 0.25) is 5.12 Å². The molecule has 1 N–H and O–H groups in total. The minimum absolute atomic E-state index is 0.157. The molecule has 1 unspecified atom stereocenters. The number of hydrogen-bond acceptors (Lipinski definition) is 4. The van der Waals surface area contributed by atoms with E-state index in [4.69, 9.17) is 4.74 Å². The van der Waals surface area contributed by atoms with Gasteiger partial charge < -0.3 is 9.84 Å². The summed E-state index contributed by atoms with van der Waals surface area (Å²) in [6.45, 7) is 6.74. The first kappa shape index (κ1) is 20.9. The van der Waals surface area contributed by atoms with Gasteiger partial charge >= 0.3 is 0 Å². The predicted octanol–water partition coefficient (Wildman–Crippen LogP) is 4.56. The van der Waals surface area contributed by atoms with Crippen LogP contribution in [0.2, 0.25) is 0 Å². The molecule has 0 saturated carbocycles. The van der Waals surface area contributed by atoms with Crippen LogP contribution in [-0.4, -0.2) is 34.8 Å². The fourth-order valence-corrected chi connectivity index (χ4v) is 3.01. The molecule has 0 aliphatic rings. The average molecular weight is 319 g/mol. The van der Waals surface area contributed by atoms with E-state index in [9.17, 15) is 9.90 Å². The number of ether oxygens (including phenoxy) is 1. The number of unbranched alkanes of at least 4 members (excludes halogenated alkanes) is 7. The maximum atomic E-state index is 11.7. The molecule has 0 aromatic carbocycles. The average Bonchev–Trinajstić information content (AvgIpc) is 2.49. The second-order valence-electron chi connectivity index (χ2n) is 5.66. The molecule has 0 amide bonds. The van der Waals surface area contributed by atoms with E-state index in [2.05, 4.69) is 13.8 Å². The number of aliphatic hydroxyl groups is 1. The molecule has 0 bridgehead atoms. The monoisotopic (exact) mass is 318 g/mol. The van der Waals surface area contributed by atoms with Gasteiger partial charge in [0.15, 0.2) is 0 Å². The van der Waals surface area contributed by atoms with Crippen LogP contribution >= 0.6 is 11.8 Å². The van der Waals surface area contributed by atoms with Crippen LogP contribution < -0.4 is 0 Å². The molecule has 126 valence electrons. The molecular formula is C17H34O3S. The molecule has 21 heavy (non-hydrogen) atoms. The smallest absolute Gasteiger partial charge is 0.220 e. The first-order valence-electron chi connectivity index (χ1n) is 8.59. The highest BCUT2D eigenvalue weighted by Gasteiger charge is 2.22. The number of hydrogen-bond donors (Lipinski definition) is 1. The Labute approximate surface area is 135 Å². The lowest BCUT2D eigenvalue weighted by Crippen LogP contribution is -2.32. The highest BCUT2D eigenvalue weighted by molar-refractivity contribution is 8.13. The Morgan fingerprint density at radius 3 is 2.19 bits per heavy atom. The van der Waals surface area contributed by atoms with Crippen molar-refractivity contribution in [2.75, 3.05) is 12.4 Å². The van der Waals surface area contributed by atoms with Gasteiger partial charge in [-0.2, -0.15) is 0 Å². The molecule has 4 heteroatoms. The van der Waals surface area contributed by atoms with Crippen molar-refractivity contribution in [1.29, 1.82) is 0 Å². The summed E-state index contributed by atoms with van der Waals surface area (Å²) in [6.07, 6.45) is 9.38. The standard InChI is InChI=1S/C17H34O3S/c1-4-6-8-9-10-11-12-13-20-15(3)16(18)17(19)21-14-7-5-2/h15-16,18H,4-14H2,1-3H3/t15?,16-/m0/s1. The van der Waals surface area contributed by atoms with Gasteiger partial charge in [0.05, 0.1) is 6.10 Å². The summed E-state index contributed by atoms with van der Waals surface area (Å²) in [7, 11) is 0. The molecule has 0 aromatic heterocycles. The van der Waals surface area contributed by atoms with Crippen LogP contribution in [0.1, 0.15) is 78.6 Å². The van der Waals surface area contributed by atoms with Crippen molar-refractivity contribution in [3.05, 3.63) is 0 Å². The summed E-state index contributed by atoms with van der Waals surface area (Å²) in [6, 6.07) is 0. The Balaban J connectivity index is 3.54. The molecule has 0 fully saturated rings. The van der Waals surface area contributed by atoms with Gasteiger partial charge in [-0.1, -0.05) is 70.6 Å². The topological polar surface area (TPSA) is 46.5 Å². The van der Waals surface area contributed by atoms with Gasteiger partial charge in [0, 0.05) is 12.4 Å². The number of rotatable bonds is 14. The van der Waals surface area contributed by atoms with Gasteiger partial charge in [-0.25, -0.2) is 0 Å². The molecule has 0 aliphatic carbocycles. The SMILES string of the molecule is CCCCCCCCCOC(C)[C@H](O)C(=O)SCCCC. The van der Waals surface area contributed by atoms with E-state index in [1.165, 1.54) is 50.3 Å². The molecule has 0 rings (SSSR count). The summed E-state index contributed by atoms with van der Waals surface area (Å²) in [4.78, 5) is 11.7. The van der Waals surface area contributed by atoms with Crippen LogP contribution in [0.5, 0.6) is 0 Å². The van der Waals surface area contributed by atoms with Crippen molar-refractivity contribution in [2.45, 2.75) is 90.8 Å².